The molecule has 18 heavy (non-hydrogen) atoms. The molecule has 1 rings (SSSR count). The van der Waals surface area contributed by atoms with Crippen molar-refractivity contribution in [1.82, 2.24) is 0 Å². The summed E-state index contributed by atoms with van der Waals surface area (Å²) in [6.07, 6.45) is 0. The third-order valence-corrected chi connectivity index (χ3v) is 3.00. The van der Waals surface area contributed by atoms with E-state index in [4.69, 9.17) is 0 Å². The summed E-state index contributed by atoms with van der Waals surface area (Å²) in [6, 6.07) is 4.39. The average Bonchev–Trinajstić information content (AvgIpc) is 2.44. The highest BCUT2D eigenvalue weighted by molar-refractivity contribution is 9.10. The largest absolute Gasteiger partial charge is 0.459 e. The number of amides is 1. The molecule has 1 aromatic rings. The van der Waals surface area contributed by atoms with Crippen LogP contribution in [0.2, 0.25) is 0 Å². The molecule has 0 heterocycles. The monoisotopic (exact) mass is 313 g/mol. The average molecular weight is 314 g/mol. The van der Waals surface area contributed by atoms with Crippen molar-refractivity contribution in [3.8, 4) is 0 Å². The van der Waals surface area contributed by atoms with Gasteiger partial charge in [0.05, 0.1) is 6.61 Å². The Hall–Kier alpha value is -1.69. The van der Waals surface area contributed by atoms with Gasteiger partial charge in [-0.15, -0.1) is 0 Å². The first kappa shape index (κ1) is 14.4. The summed E-state index contributed by atoms with van der Waals surface area (Å²) in [5.74, 6) is -1.89. The minimum atomic E-state index is -0.979. The van der Waals surface area contributed by atoms with Gasteiger partial charge in [-0.1, -0.05) is 15.9 Å². The third-order valence-electron chi connectivity index (χ3n) is 2.14. The Morgan fingerprint density at radius 3 is 2.67 bits per heavy atom. The molecule has 0 radical (unpaired) electrons. The molecule has 5 nitrogen and oxygen atoms in total. The van der Waals surface area contributed by atoms with Crippen molar-refractivity contribution < 1.29 is 14.3 Å². The molecule has 0 aromatic heterocycles. The molecule has 6 heteroatoms. The lowest BCUT2D eigenvalue weighted by Crippen LogP contribution is -2.25. The summed E-state index contributed by atoms with van der Waals surface area (Å²) in [6.45, 7) is 3.37. The molecular weight excluding hydrogens is 302 g/mol. The van der Waals surface area contributed by atoms with Crippen molar-refractivity contribution in [2.45, 2.75) is 13.8 Å². The Labute approximate surface area is 112 Å². The van der Waals surface area contributed by atoms with Gasteiger partial charge in [0, 0.05) is 21.8 Å². The third kappa shape index (κ3) is 3.66. The van der Waals surface area contributed by atoms with Crippen molar-refractivity contribution in [2.24, 2.45) is 0 Å². The van der Waals surface area contributed by atoms with E-state index >= 15 is 0 Å². The molecule has 0 fully saturated rings. The summed E-state index contributed by atoms with van der Waals surface area (Å²) in [4.78, 5) is 34.1. The fourth-order valence-electron chi connectivity index (χ4n) is 1.16. The van der Waals surface area contributed by atoms with E-state index < -0.39 is 11.9 Å². The van der Waals surface area contributed by atoms with Crippen molar-refractivity contribution >= 4 is 33.5 Å². The van der Waals surface area contributed by atoms with Crippen LogP contribution >= 0.6 is 15.9 Å². The Morgan fingerprint density at radius 1 is 1.39 bits per heavy atom. The fourth-order valence-corrected chi connectivity index (χ4v) is 1.49. The summed E-state index contributed by atoms with van der Waals surface area (Å²) in [5, 5.41) is 2.31. The Bertz CT molecular complexity index is 542. The summed E-state index contributed by atoms with van der Waals surface area (Å²) in [7, 11) is 0. The number of carbonyl (C=O) groups is 2. The van der Waals surface area contributed by atoms with Crippen LogP contribution in [0.25, 0.3) is 0 Å². The quantitative estimate of drug-likeness (QED) is 0.665. The van der Waals surface area contributed by atoms with E-state index in [-0.39, 0.29) is 17.7 Å². The maximum atomic E-state index is 11.6. The topological polar surface area (TPSA) is 72.5 Å². The Morgan fingerprint density at radius 2 is 2.06 bits per heavy atom. The lowest BCUT2D eigenvalue weighted by atomic mass is 10.3. The number of anilines is 1. The number of hydrogen-bond donors (Lipinski definition) is 1. The Balaban J connectivity index is 2.97. The van der Waals surface area contributed by atoms with Crippen LogP contribution in [0.15, 0.2) is 27.5 Å². The number of esters is 1. The van der Waals surface area contributed by atoms with Gasteiger partial charge < -0.3 is 10.1 Å². The predicted octanol–water partition coefficient (Wildman–Crippen LogP) is 1.62. The minimum Gasteiger partial charge on any atom is -0.459 e. The highest BCUT2D eigenvalue weighted by atomic mass is 79.9. The molecule has 0 aliphatic carbocycles. The van der Waals surface area contributed by atoms with E-state index in [0.29, 0.717) is 10.0 Å². The summed E-state index contributed by atoms with van der Waals surface area (Å²) < 4.78 is 5.17. The number of ether oxygens (including phenoxy) is 1. The van der Waals surface area contributed by atoms with Crippen LogP contribution in [0, 0.1) is 6.92 Å². The highest BCUT2D eigenvalue weighted by Gasteiger charge is 2.14. The second-order valence-corrected chi connectivity index (χ2v) is 4.30. The lowest BCUT2D eigenvalue weighted by Gasteiger charge is -2.02. The van der Waals surface area contributed by atoms with Gasteiger partial charge in [-0.05, 0) is 26.0 Å². The van der Waals surface area contributed by atoms with Crippen LogP contribution < -0.4 is 10.7 Å². The molecule has 0 atom stereocenters. The van der Waals surface area contributed by atoms with E-state index in [1.807, 2.05) is 0 Å². The molecule has 0 saturated heterocycles. The van der Waals surface area contributed by atoms with Crippen molar-refractivity contribution in [3.05, 3.63) is 38.5 Å². The van der Waals surface area contributed by atoms with Gasteiger partial charge in [-0.3, -0.25) is 9.59 Å². The van der Waals surface area contributed by atoms with Crippen LogP contribution in [-0.2, 0) is 14.3 Å². The standard InChI is InChI=1S/C12H12BrNO4/c1-3-18-12(17)11(16)14-8-4-5-9(13)7(2)10(15)6-8/h4-6H,3H2,1-2H3,(H,14,16). The van der Waals surface area contributed by atoms with Gasteiger partial charge in [0.25, 0.3) is 0 Å². The number of carbonyl (C=O) groups excluding carboxylic acids is 2. The molecule has 1 N–H and O–H groups in total. The molecule has 1 amide bonds. The van der Waals surface area contributed by atoms with E-state index in [2.05, 4.69) is 26.0 Å². The first-order valence-electron chi connectivity index (χ1n) is 5.24. The molecule has 0 unspecified atom stereocenters. The van der Waals surface area contributed by atoms with Crippen molar-refractivity contribution in [1.29, 1.82) is 0 Å². The summed E-state index contributed by atoms with van der Waals surface area (Å²) in [5.41, 5.74) is 0.518. The number of halogens is 1. The van der Waals surface area contributed by atoms with Gasteiger partial charge in [0.1, 0.15) is 0 Å². The smallest absolute Gasteiger partial charge is 0.397 e. The first-order valence-corrected chi connectivity index (χ1v) is 6.03. The first-order chi connectivity index (χ1) is 8.45. The van der Waals surface area contributed by atoms with Crippen LogP contribution in [0.5, 0.6) is 0 Å². The normalized spacial score (nSPS) is 9.72. The zero-order valence-corrected chi connectivity index (χ0v) is 11.5. The molecule has 0 aliphatic heterocycles. The van der Waals surface area contributed by atoms with Gasteiger partial charge in [0.2, 0.25) is 0 Å². The van der Waals surface area contributed by atoms with E-state index in [9.17, 15) is 14.4 Å². The molecule has 0 saturated carbocycles. The maximum Gasteiger partial charge on any atom is 0.397 e. The van der Waals surface area contributed by atoms with Crippen molar-refractivity contribution in [2.75, 3.05) is 11.9 Å². The van der Waals surface area contributed by atoms with Crippen LogP contribution in [0.3, 0.4) is 0 Å². The highest BCUT2D eigenvalue weighted by Crippen LogP contribution is 2.13. The SMILES string of the molecule is CCOC(=O)C(=O)Nc1ccc(Br)c(C)c(=O)c1. The minimum absolute atomic E-state index is 0.117. The second-order valence-electron chi connectivity index (χ2n) is 3.44. The van der Waals surface area contributed by atoms with Gasteiger partial charge in [0.15, 0.2) is 5.43 Å². The molecule has 0 bridgehead atoms. The van der Waals surface area contributed by atoms with Gasteiger partial charge in [-0.2, -0.15) is 0 Å². The number of nitrogens with one attached hydrogen (secondary N) is 1. The maximum absolute atomic E-state index is 11.6. The van der Waals surface area contributed by atoms with Crippen molar-refractivity contribution in [3.63, 3.8) is 0 Å². The summed E-state index contributed by atoms with van der Waals surface area (Å²) >= 11 is 3.23. The van der Waals surface area contributed by atoms with Crippen LogP contribution in [0.1, 0.15) is 12.5 Å². The zero-order valence-electron chi connectivity index (χ0n) is 9.95. The van der Waals surface area contributed by atoms with E-state index in [1.54, 1.807) is 19.9 Å². The molecule has 0 spiro atoms. The van der Waals surface area contributed by atoms with Gasteiger partial charge >= 0.3 is 11.9 Å². The molecule has 0 aliphatic rings. The van der Waals surface area contributed by atoms with E-state index in [1.165, 1.54) is 12.1 Å². The van der Waals surface area contributed by atoms with Gasteiger partial charge in [-0.25, -0.2) is 4.79 Å². The Kier molecular flexibility index (Phi) is 5.03. The number of rotatable bonds is 2. The second kappa shape index (κ2) is 6.30. The lowest BCUT2D eigenvalue weighted by molar-refractivity contribution is -0.152. The molecular formula is C12H12BrNO4. The van der Waals surface area contributed by atoms with Crippen LogP contribution in [0.4, 0.5) is 5.69 Å². The van der Waals surface area contributed by atoms with E-state index in [0.717, 1.165) is 0 Å². The fraction of sp³-hybridized carbons (Fsp3) is 0.250. The predicted molar refractivity (Wildman–Crippen MR) is 70.4 cm³/mol. The number of hydrogen-bond acceptors (Lipinski definition) is 4. The zero-order chi connectivity index (χ0) is 13.7. The van der Waals surface area contributed by atoms with Crippen LogP contribution in [-0.4, -0.2) is 18.5 Å². The molecule has 96 valence electrons. The molecule has 1 aromatic carbocycles.